The Bertz CT molecular complexity index is 1210. The fourth-order valence-electron chi connectivity index (χ4n) is 3.83. The van der Waals surface area contributed by atoms with Crippen molar-refractivity contribution < 1.29 is 8.42 Å². The molecule has 31 heavy (non-hydrogen) atoms. The van der Waals surface area contributed by atoms with Gasteiger partial charge in [0.1, 0.15) is 11.5 Å². The van der Waals surface area contributed by atoms with E-state index in [1.54, 1.807) is 29.1 Å². The van der Waals surface area contributed by atoms with Crippen molar-refractivity contribution in [3.05, 3.63) is 41.9 Å². The van der Waals surface area contributed by atoms with Crippen LogP contribution >= 0.6 is 0 Å². The predicted octanol–water partition coefficient (Wildman–Crippen LogP) is 1.77. The number of nitrogens with one attached hydrogen (secondary N) is 2. The molecule has 4 N–H and O–H groups in total. The van der Waals surface area contributed by atoms with Gasteiger partial charge in [-0.1, -0.05) is 6.07 Å². The highest BCUT2D eigenvalue weighted by Crippen LogP contribution is 2.30. The van der Waals surface area contributed by atoms with Crippen molar-refractivity contribution in [2.24, 2.45) is 7.05 Å². The molecule has 0 aliphatic carbocycles. The van der Waals surface area contributed by atoms with Gasteiger partial charge in [-0.3, -0.25) is 4.68 Å². The first-order valence-electron chi connectivity index (χ1n) is 10.2. The second-order valence-corrected chi connectivity index (χ2v) is 9.68. The predicted molar refractivity (Wildman–Crippen MR) is 120 cm³/mol. The van der Waals surface area contributed by atoms with Gasteiger partial charge < -0.3 is 11.1 Å². The molecule has 1 unspecified atom stereocenters. The van der Waals surface area contributed by atoms with Crippen LogP contribution in [0.2, 0.25) is 0 Å². The van der Waals surface area contributed by atoms with Gasteiger partial charge in [-0.15, -0.1) is 0 Å². The highest BCUT2D eigenvalue weighted by molar-refractivity contribution is 7.89. The molecule has 3 heterocycles. The Hall–Kier alpha value is -2.82. The van der Waals surface area contributed by atoms with Gasteiger partial charge >= 0.3 is 0 Å². The molecule has 0 saturated carbocycles. The van der Waals surface area contributed by atoms with Crippen LogP contribution in [0.1, 0.15) is 24.1 Å². The van der Waals surface area contributed by atoms with Crippen LogP contribution in [0, 0.1) is 13.8 Å². The minimum Gasteiger partial charge on any atom is -0.382 e. The number of benzene rings is 1. The van der Waals surface area contributed by atoms with E-state index in [0.29, 0.717) is 29.3 Å². The van der Waals surface area contributed by atoms with Gasteiger partial charge in [-0.05, 0) is 50.9 Å². The van der Waals surface area contributed by atoms with Crippen molar-refractivity contribution in [3.63, 3.8) is 0 Å². The van der Waals surface area contributed by atoms with Crippen LogP contribution in [0.3, 0.4) is 0 Å². The van der Waals surface area contributed by atoms with Gasteiger partial charge in [-0.25, -0.2) is 23.1 Å². The second kappa shape index (κ2) is 8.37. The Balaban J connectivity index is 1.69. The molecule has 0 spiro atoms. The van der Waals surface area contributed by atoms with Crippen LogP contribution in [0.15, 0.2) is 35.5 Å². The number of aryl methyl sites for hydroxylation is 3. The van der Waals surface area contributed by atoms with Gasteiger partial charge in [0.2, 0.25) is 10.0 Å². The summed E-state index contributed by atoms with van der Waals surface area (Å²) in [5.41, 5.74) is 10.3. The van der Waals surface area contributed by atoms with Gasteiger partial charge in [0.15, 0.2) is 0 Å². The summed E-state index contributed by atoms with van der Waals surface area (Å²) in [5, 5.41) is 7.65. The molecule has 0 radical (unpaired) electrons. The summed E-state index contributed by atoms with van der Waals surface area (Å²) < 4.78 is 30.1. The highest BCUT2D eigenvalue weighted by Gasteiger charge is 2.21. The molecule has 1 aromatic carbocycles. The molecule has 0 bridgehead atoms. The maximum Gasteiger partial charge on any atom is 0.240 e. The fraction of sp³-hybridized carbons (Fsp3) is 0.381. The zero-order chi connectivity index (χ0) is 22.2. The maximum atomic E-state index is 12.9. The molecule has 1 saturated heterocycles. The standard InChI is InChI=1S/C21H27N7O2S/c1-13-6-7-16(31(29,30)25-10-15-5-4-8-23-15)9-17(13)19-11-24-21(22)20(26-19)18-12-28(3)27-14(18)2/h6-7,9,11-12,15,23,25H,4-5,8,10H2,1-3H3,(H2,22,24). The first kappa shape index (κ1) is 21.4. The van der Waals surface area contributed by atoms with E-state index in [1.807, 2.05) is 27.1 Å². The number of nitrogens with zero attached hydrogens (tertiary/aromatic N) is 4. The van der Waals surface area contributed by atoms with Crippen molar-refractivity contribution in [2.45, 2.75) is 37.6 Å². The summed E-state index contributed by atoms with van der Waals surface area (Å²) >= 11 is 0. The van der Waals surface area contributed by atoms with E-state index in [-0.39, 0.29) is 10.9 Å². The van der Waals surface area contributed by atoms with Crippen molar-refractivity contribution >= 4 is 15.8 Å². The van der Waals surface area contributed by atoms with Gasteiger partial charge in [0.25, 0.3) is 0 Å². The number of anilines is 1. The van der Waals surface area contributed by atoms with Gasteiger partial charge in [0, 0.05) is 37.0 Å². The lowest BCUT2D eigenvalue weighted by atomic mass is 10.1. The quantitative estimate of drug-likeness (QED) is 0.532. The topological polar surface area (TPSA) is 128 Å². The summed E-state index contributed by atoms with van der Waals surface area (Å²) in [6.45, 7) is 5.09. The number of nitrogens with two attached hydrogens (primary N) is 1. The summed E-state index contributed by atoms with van der Waals surface area (Å²) in [4.78, 5) is 9.22. The molecule has 10 heteroatoms. The molecule has 164 valence electrons. The largest absolute Gasteiger partial charge is 0.382 e. The molecule has 1 aliphatic rings. The second-order valence-electron chi connectivity index (χ2n) is 7.91. The van der Waals surface area contributed by atoms with E-state index >= 15 is 0 Å². The molecule has 9 nitrogen and oxygen atoms in total. The third kappa shape index (κ3) is 4.46. The van der Waals surface area contributed by atoms with Crippen LogP contribution in [0.5, 0.6) is 0 Å². The van der Waals surface area contributed by atoms with E-state index in [1.165, 1.54) is 0 Å². The number of nitrogen functional groups attached to an aromatic ring is 1. The van der Waals surface area contributed by atoms with Crippen LogP contribution in [-0.4, -0.2) is 47.3 Å². The molecule has 1 fully saturated rings. The highest BCUT2D eigenvalue weighted by atomic mass is 32.2. The Morgan fingerprint density at radius 2 is 2.10 bits per heavy atom. The first-order chi connectivity index (χ1) is 14.7. The van der Waals surface area contributed by atoms with Crippen LogP contribution in [0.4, 0.5) is 5.82 Å². The zero-order valence-electron chi connectivity index (χ0n) is 17.9. The third-order valence-corrected chi connectivity index (χ3v) is 6.97. The van der Waals surface area contributed by atoms with Gasteiger partial charge in [0.05, 0.1) is 22.5 Å². The molecule has 1 atom stereocenters. The molecular formula is C21H27N7O2S. The Labute approximate surface area is 182 Å². The average Bonchev–Trinajstić information content (AvgIpc) is 3.36. The van der Waals surface area contributed by atoms with Crippen molar-refractivity contribution in [1.82, 2.24) is 29.8 Å². The molecule has 3 aromatic rings. The number of aromatic nitrogens is 4. The lowest BCUT2D eigenvalue weighted by molar-refractivity contribution is 0.552. The van der Waals surface area contributed by atoms with Crippen molar-refractivity contribution in [3.8, 4) is 22.5 Å². The van der Waals surface area contributed by atoms with E-state index in [4.69, 9.17) is 10.7 Å². The monoisotopic (exact) mass is 441 g/mol. The summed E-state index contributed by atoms with van der Waals surface area (Å²) in [6, 6.07) is 5.21. The summed E-state index contributed by atoms with van der Waals surface area (Å²) in [6.07, 6.45) is 5.45. The molecule has 4 rings (SSSR count). The lowest BCUT2D eigenvalue weighted by Gasteiger charge is -2.14. The fourth-order valence-corrected chi connectivity index (χ4v) is 4.93. The smallest absolute Gasteiger partial charge is 0.240 e. The molecule has 2 aromatic heterocycles. The molecule has 0 amide bonds. The van der Waals surface area contributed by atoms with E-state index in [9.17, 15) is 8.42 Å². The van der Waals surface area contributed by atoms with E-state index < -0.39 is 10.0 Å². The van der Waals surface area contributed by atoms with Crippen LogP contribution in [0.25, 0.3) is 22.5 Å². The number of hydrogen-bond acceptors (Lipinski definition) is 7. The average molecular weight is 442 g/mol. The SMILES string of the molecule is Cc1ccc(S(=O)(=O)NCC2CCCN2)cc1-c1cnc(N)c(-c2cn(C)nc2C)n1. The number of hydrogen-bond donors (Lipinski definition) is 3. The maximum absolute atomic E-state index is 12.9. The van der Waals surface area contributed by atoms with E-state index in [2.05, 4.69) is 20.1 Å². The first-order valence-corrected chi connectivity index (χ1v) is 11.7. The Morgan fingerprint density at radius 3 is 2.77 bits per heavy atom. The third-order valence-electron chi connectivity index (χ3n) is 5.55. The summed E-state index contributed by atoms with van der Waals surface area (Å²) in [7, 11) is -1.82. The summed E-state index contributed by atoms with van der Waals surface area (Å²) in [5.74, 6) is 0.298. The van der Waals surface area contributed by atoms with E-state index in [0.717, 1.165) is 36.2 Å². The van der Waals surface area contributed by atoms with Crippen LogP contribution in [-0.2, 0) is 17.1 Å². The zero-order valence-corrected chi connectivity index (χ0v) is 18.7. The molecule has 1 aliphatic heterocycles. The van der Waals surface area contributed by atoms with Crippen molar-refractivity contribution in [1.29, 1.82) is 0 Å². The normalized spacial score (nSPS) is 16.7. The number of rotatable bonds is 6. The van der Waals surface area contributed by atoms with Crippen molar-refractivity contribution in [2.75, 3.05) is 18.8 Å². The Kier molecular flexibility index (Phi) is 5.78. The lowest BCUT2D eigenvalue weighted by Crippen LogP contribution is -2.37. The minimum absolute atomic E-state index is 0.174. The minimum atomic E-state index is -3.65. The number of sulfonamides is 1. The van der Waals surface area contributed by atoms with Gasteiger partial charge in [-0.2, -0.15) is 5.10 Å². The molecular weight excluding hydrogens is 414 g/mol. The van der Waals surface area contributed by atoms with Crippen LogP contribution < -0.4 is 15.8 Å². The Morgan fingerprint density at radius 1 is 1.29 bits per heavy atom.